The van der Waals surface area contributed by atoms with Crippen LogP contribution < -0.4 is 9.47 Å². The van der Waals surface area contributed by atoms with Gasteiger partial charge >= 0.3 is 5.97 Å². The van der Waals surface area contributed by atoms with Gasteiger partial charge in [-0.15, -0.1) is 0 Å². The summed E-state index contributed by atoms with van der Waals surface area (Å²) in [6, 6.07) is 1.71. The molecule has 0 aromatic carbocycles. The minimum atomic E-state index is -0.421. The van der Waals surface area contributed by atoms with E-state index in [4.69, 9.17) is 9.47 Å². The van der Waals surface area contributed by atoms with Crippen LogP contribution in [0, 0.1) is 0 Å². The summed E-state index contributed by atoms with van der Waals surface area (Å²) in [6.45, 7) is 0. The molecule has 0 fully saturated rings. The molecule has 0 saturated heterocycles. The van der Waals surface area contributed by atoms with Gasteiger partial charge in [0.05, 0.1) is 21.3 Å². The van der Waals surface area contributed by atoms with Gasteiger partial charge in [0.1, 0.15) is 0 Å². The molecule has 1 aromatic heterocycles. The number of ether oxygens (including phenoxy) is 3. The second-order valence-corrected chi connectivity index (χ2v) is 2.84. The minimum Gasteiger partial charge on any atom is -0.491 e. The minimum absolute atomic E-state index is 0.401. The molecule has 0 radical (unpaired) electrons. The molecule has 1 heterocycles. The summed E-state index contributed by atoms with van der Waals surface area (Å²) in [6.07, 6.45) is 4.46. The lowest BCUT2D eigenvalue weighted by Crippen LogP contribution is -1.95. The first kappa shape index (κ1) is 12.0. The molecular formula is C11H13NO4. The van der Waals surface area contributed by atoms with Crippen molar-refractivity contribution in [2.75, 3.05) is 21.3 Å². The van der Waals surface area contributed by atoms with Crippen molar-refractivity contribution in [3.63, 3.8) is 0 Å². The molecule has 0 saturated carbocycles. The van der Waals surface area contributed by atoms with Gasteiger partial charge in [-0.25, -0.2) is 9.78 Å². The number of hydrogen-bond donors (Lipinski definition) is 0. The van der Waals surface area contributed by atoms with E-state index < -0.39 is 5.97 Å². The third kappa shape index (κ3) is 2.98. The van der Waals surface area contributed by atoms with E-state index >= 15 is 0 Å². The monoisotopic (exact) mass is 223 g/mol. The van der Waals surface area contributed by atoms with Crippen molar-refractivity contribution in [2.24, 2.45) is 0 Å². The second kappa shape index (κ2) is 5.75. The van der Waals surface area contributed by atoms with E-state index in [-0.39, 0.29) is 0 Å². The average molecular weight is 223 g/mol. The Labute approximate surface area is 93.7 Å². The van der Waals surface area contributed by atoms with E-state index in [1.165, 1.54) is 27.4 Å². The Bertz CT molecular complexity index is 401. The first-order valence-electron chi connectivity index (χ1n) is 4.55. The van der Waals surface area contributed by atoms with Crippen molar-refractivity contribution in [2.45, 2.75) is 0 Å². The van der Waals surface area contributed by atoms with Gasteiger partial charge in [-0.05, 0) is 17.7 Å². The zero-order valence-electron chi connectivity index (χ0n) is 9.39. The van der Waals surface area contributed by atoms with Crippen LogP contribution in [0.2, 0.25) is 0 Å². The first-order chi connectivity index (χ1) is 7.71. The van der Waals surface area contributed by atoms with Crippen LogP contribution in [0.3, 0.4) is 0 Å². The normalized spacial score (nSPS) is 10.2. The van der Waals surface area contributed by atoms with Crippen LogP contribution in [0.15, 0.2) is 18.3 Å². The average Bonchev–Trinajstić information content (AvgIpc) is 2.35. The molecule has 0 unspecified atom stereocenters. The van der Waals surface area contributed by atoms with E-state index in [1.54, 1.807) is 18.3 Å². The van der Waals surface area contributed by atoms with Crippen molar-refractivity contribution in [1.82, 2.24) is 4.98 Å². The van der Waals surface area contributed by atoms with Gasteiger partial charge in [0.2, 0.25) is 0 Å². The Morgan fingerprint density at radius 3 is 2.62 bits per heavy atom. The molecule has 0 amide bonds. The standard InChI is InChI=1S/C11H13NO4/c1-14-9-6-8(4-5-10(13)15-2)7-12-11(9)16-3/h4-7H,1-3H3. The van der Waals surface area contributed by atoms with E-state index in [1.807, 2.05) is 0 Å². The van der Waals surface area contributed by atoms with Gasteiger partial charge in [0, 0.05) is 12.3 Å². The maximum absolute atomic E-state index is 10.9. The Kier molecular flexibility index (Phi) is 4.32. The molecule has 0 aliphatic rings. The smallest absolute Gasteiger partial charge is 0.330 e. The summed E-state index contributed by atoms with van der Waals surface area (Å²) in [5, 5.41) is 0. The van der Waals surface area contributed by atoms with Gasteiger partial charge in [-0.1, -0.05) is 0 Å². The highest BCUT2D eigenvalue weighted by Gasteiger charge is 2.04. The summed E-state index contributed by atoms with van der Waals surface area (Å²) in [7, 11) is 4.35. The zero-order chi connectivity index (χ0) is 12.0. The van der Waals surface area contributed by atoms with Crippen molar-refractivity contribution in [3.8, 4) is 11.6 Å². The highest BCUT2D eigenvalue weighted by molar-refractivity contribution is 5.86. The van der Waals surface area contributed by atoms with Crippen LogP contribution in [0.25, 0.3) is 6.08 Å². The number of carbonyl (C=O) groups is 1. The number of carbonyl (C=O) groups excluding carboxylic acids is 1. The molecule has 0 aliphatic carbocycles. The molecule has 0 spiro atoms. The molecule has 5 nitrogen and oxygen atoms in total. The highest BCUT2D eigenvalue weighted by atomic mass is 16.5. The molecule has 0 aliphatic heterocycles. The molecule has 0 bridgehead atoms. The molecule has 1 aromatic rings. The van der Waals surface area contributed by atoms with Crippen molar-refractivity contribution in [1.29, 1.82) is 0 Å². The van der Waals surface area contributed by atoms with E-state index in [0.717, 1.165) is 5.56 Å². The quantitative estimate of drug-likeness (QED) is 0.568. The number of nitrogens with zero attached hydrogens (tertiary/aromatic N) is 1. The Balaban J connectivity index is 2.91. The van der Waals surface area contributed by atoms with Gasteiger partial charge in [0.15, 0.2) is 5.75 Å². The first-order valence-corrected chi connectivity index (χ1v) is 4.55. The van der Waals surface area contributed by atoms with Crippen LogP contribution in [-0.4, -0.2) is 32.3 Å². The number of esters is 1. The Morgan fingerprint density at radius 2 is 2.06 bits per heavy atom. The third-order valence-corrected chi connectivity index (χ3v) is 1.87. The van der Waals surface area contributed by atoms with Crippen LogP contribution in [0.5, 0.6) is 11.6 Å². The van der Waals surface area contributed by atoms with Gasteiger partial charge in [-0.3, -0.25) is 0 Å². The number of rotatable bonds is 4. The number of aromatic nitrogens is 1. The molecule has 1 rings (SSSR count). The molecule has 0 N–H and O–H groups in total. The highest BCUT2D eigenvalue weighted by Crippen LogP contribution is 2.24. The van der Waals surface area contributed by atoms with Crippen LogP contribution in [0.4, 0.5) is 0 Å². The summed E-state index contributed by atoms with van der Waals surface area (Å²) < 4.78 is 14.5. The Hall–Kier alpha value is -2.04. The molecule has 16 heavy (non-hydrogen) atoms. The summed E-state index contributed by atoms with van der Waals surface area (Å²) >= 11 is 0. The lowest BCUT2D eigenvalue weighted by atomic mass is 10.2. The van der Waals surface area contributed by atoms with Crippen molar-refractivity contribution < 1.29 is 19.0 Å². The van der Waals surface area contributed by atoms with E-state index in [9.17, 15) is 4.79 Å². The lowest BCUT2D eigenvalue weighted by molar-refractivity contribution is -0.134. The maximum Gasteiger partial charge on any atom is 0.330 e. The van der Waals surface area contributed by atoms with Crippen molar-refractivity contribution in [3.05, 3.63) is 23.9 Å². The second-order valence-electron chi connectivity index (χ2n) is 2.84. The topological polar surface area (TPSA) is 57.7 Å². The summed E-state index contributed by atoms with van der Waals surface area (Å²) in [4.78, 5) is 14.9. The lowest BCUT2D eigenvalue weighted by Gasteiger charge is -2.06. The fourth-order valence-electron chi connectivity index (χ4n) is 1.07. The van der Waals surface area contributed by atoms with E-state index in [2.05, 4.69) is 9.72 Å². The van der Waals surface area contributed by atoms with E-state index in [0.29, 0.717) is 11.6 Å². The molecule has 86 valence electrons. The summed E-state index contributed by atoms with van der Waals surface area (Å²) in [5.41, 5.74) is 0.725. The van der Waals surface area contributed by atoms with Gasteiger partial charge < -0.3 is 14.2 Å². The zero-order valence-corrected chi connectivity index (χ0v) is 9.39. The van der Waals surface area contributed by atoms with Gasteiger partial charge in [0.25, 0.3) is 5.88 Å². The molecular weight excluding hydrogens is 210 g/mol. The number of hydrogen-bond acceptors (Lipinski definition) is 5. The predicted molar refractivity (Wildman–Crippen MR) is 58.4 cm³/mol. The molecule has 0 atom stereocenters. The van der Waals surface area contributed by atoms with Crippen LogP contribution in [-0.2, 0) is 9.53 Å². The molecule has 5 heteroatoms. The van der Waals surface area contributed by atoms with Crippen LogP contribution >= 0.6 is 0 Å². The number of pyridine rings is 1. The van der Waals surface area contributed by atoms with Gasteiger partial charge in [-0.2, -0.15) is 0 Å². The maximum atomic E-state index is 10.9. The fraction of sp³-hybridized carbons (Fsp3) is 0.273. The predicted octanol–water partition coefficient (Wildman–Crippen LogP) is 1.28. The number of methoxy groups -OCH3 is 3. The SMILES string of the molecule is COC(=O)C=Cc1cnc(OC)c(OC)c1. The summed E-state index contributed by atoms with van der Waals surface area (Å²) in [5.74, 6) is 0.488. The third-order valence-electron chi connectivity index (χ3n) is 1.87. The fourth-order valence-corrected chi connectivity index (χ4v) is 1.07. The van der Waals surface area contributed by atoms with Crippen molar-refractivity contribution >= 4 is 12.0 Å². The Morgan fingerprint density at radius 1 is 1.31 bits per heavy atom. The van der Waals surface area contributed by atoms with Crippen LogP contribution in [0.1, 0.15) is 5.56 Å². The largest absolute Gasteiger partial charge is 0.491 e.